The minimum atomic E-state index is 0. The third kappa shape index (κ3) is 3.81. The smallest absolute Gasteiger partial charge is 0.0658 e. The molecule has 0 saturated carbocycles. The van der Waals surface area contributed by atoms with Gasteiger partial charge in [-0.3, -0.25) is 0 Å². The van der Waals surface area contributed by atoms with E-state index in [2.05, 4.69) is 70.6 Å². The molecule has 1 aromatic carbocycles. The molecule has 5 heterocycles. The zero-order chi connectivity index (χ0) is 19.9. The lowest BCUT2D eigenvalue weighted by Crippen LogP contribution is -1.77. The standard InChI is InChI=1S/C26H18N4.ClH/c1-2-4-17(5-3-1)25-15-24-14-22-9-8-20(28-22)12-18-6-7-19(27-18)13-21-10-11-23(29-21)16-26(25)30-24;/h1-16,27,30H;1H. The number of nitrogens with one attached hydrogen (secondary N) is 2. The number of H-pyrrole nitrogens is 2. The van der Waals surface area contributed by atoms with E-state index in [-0.39, 0.29) is 12.4 Å². The highest BCUT2D eigenvalue weighted by molar-refractivity contribution is 5.87. The topological polar surface area (TPSA) is 57.4 Å². The minimum absolute atomic E-state index is 0. The van der Waals surface area contributed by atoms with Gasteiger partial charge in [0.25, 0.3) is 0 Å². The van der Waals surface area contributed by atoms with Crippen LogP contribution in [0.15, 0.2) is 72.8 Å². The van der Waals surface area contributed by atoms with Gasteiger partial charge in [0.2, 0.25) is 0 Å². The maximum Gasteiger partial charge on any atom is 0.0658 e. The van der Waals surface area contributed by atoms with Crippen molar-refractivity contribution in [1.29, 1.82) is 0 Å². The van der Waals surface area contributed by atoms with Crippen LogP contribution in [0.1, 0.15) is 22.8 Å². The van der Waals surface area contributed by atoms with E-state index in [0.717, 1.165) is 50.4 Å². The largest absolute Gasteiger partial charge is 0.355 e. The number of nitrogens with zero attached hydrogens (tertiary/aromatic N) is 2. The van der Waals surface area contributed by atoms with Crippen LogP contribution in [0.5, 0.6) is 0 Å². The summed E-state index contributed by atoms with van der Waals surface area (Å²) in [5, 5.41) is 0. The molecule has 4 aromatic rings. The van der Waals surface area contributed by atoms with E-state index >= 15 is 0 Å². The van der Waals surface area contributed by atoms with Crippen molar-refractivity contribution in [3.8, 4) is 11.1 Å². The van der Waals surface area contributed by atoms with E-state index in [0.29, 0.717) is 0 Å². The van der Waals surface area contributed by atoms with Crippen LogP contribution in [-0.2, 0) is 0 Å². The first-order valence-corrected chi connectivity index (χ1v) is 9.92. The molecule has 150 valence electrons. The quantitative estimate of drug-likeness (QED) is 0.308. The highest BCUT2D eigenvalue weighted by Gasteiger charge is 2.06. The third-order valence-corrected chi connectivity index (χ3v) is 5.25. The Balaban J connectivity index is 0.00000204. The van der Waals surface area contributed by atoms with Crippen LogP contribution in [0.25, 0.3) is 57.5 Å². The van der Waals surface area contributed by atoms with E-state index in [9.17, 15) is 0 Å². The van der Waals surface area contributed by atoms with Gasteiger partial charge in [-0.05, 0) is 72.3 Å². The van der Waals surface area contributed by atoms with Crippen LogP contribution in [0, 0.1) is 0 Å². The van der Waals surface area contributed by atoms with E-state index < -0.39 is 0 Å². The van der Waals surface area contributed by atoms with Gasteiger partial charge in [0.1, 0.15) is 0 Å². The lowest BCUT2D eigenvalue weighted by Gasteiger charge is -1.97. The molecule has 0 atom stereocenters. The average molecular weight is 423 g/mol. The van der Waals surface area contributed by atoms with Gasteiger partial charge in [-0.15, -0.1) is 12.4 Å². The second-order valence-electron chi connectivity index (χ2n) is 7.45. The van der Waals surface area contributed by atoms with E-state index in [1.807, 2.05) is 36.4 Å². The number of fused-ring (bicyclic) bond motifs is 8. The molecule has 0 amide bonds. The van der Waals surface area contributed by atoms with E-state index in [4.69, 9.17) is 9.97 Å². The fourth-order valence-electron chi connectivity index (χ4n) is 3.87. The van der Waals surface area contributed by atoms with Crippen LogP contribution in [0.3, 0.4) is 0 Å². The number of aromatic nitrogens is 4. The predicted octanol–water partition coefficient (Wildman–Crippen LogP) is 6.74. The highest BCUT2D eigenvalue weighted by atomic mass is 35.5. The van der Waals surface area contributed by atoms with Crippen molar-refractivity contribution in [3.05, 3.63) is 95.6 Å². The monoisotopic (exact) mass is 422 g/mol. The fourth-order valence-corrected chi connectivity index (χ4v) is 3.87. The molecule has 0 unspecified atom stereocenters. The Bertz CT molecular complexity index is 1490. The molecule has 2 aliphatic heterocycles. The average Bonchev–Trinajstić information content (AvgIpc) is 3.53. The molecule has 3 aromatic heterocycles. The Morgan fingerprint density at radius 2 is 1.06 bits per heavy atom. The summed E-state index contributed by atoms with van der Waals surface area (Å²) < 4.78 is 0. The van der Waals surface area contributed by atoms with Crippen molar-refractivity contribution >= 4 is 58.8 Å². The highest BCUT2D eigenvalue weighted by Crippen LogP contribution is 2.27. The van der Waals surface area contributed by atoms with Crippen molar-refractivity contribution in [3.63, 3.8) is 0 Å². The Kier molecular flexibility index (Phi) is 4.77. The molecule has 0 saturated heterocycles. The summed E-state index contributed by atoms with van der Waals surface area (Å²) in [5.41, 5.74) is 10.1. The van der Waals surface area contributed by atoms with Gasteiger partial charge in [0.15, 0.2) is 0 Å². The summed E-state index contributed by atoms with van der Waals surface area (Å²) in [5.74, 6) is 0. The Labute approximate surface area is 185 Å². The molecule has 2 aliphatic rings. The maximum atomic E-state index is 4.77. The number of hydrogen-bond acceptors (Lipinski definition) is 2. The molecular formula is C26H19ClN4. The van der Waals surface area contributed by atoms with Gasteiger partial charge in [-0.1, -0.05) is 30.3 Å². The third-order valence-electron chi connectivity index (χ3n) is 5.25. The summed E-state index contributed by atoms with van der Waals surface area (Å²) in [6.07, 6.45) is 8.16. The van der Waals surface area contributed by atoms with E-state index in [1.54, 1.807) is 0 Å². The molecule has 0 spiro atoms. The Hall–Kier alpha value is -3.89. The SMILES string of the molecule is C1=Cc2cc3cc(-c4ccccc4)c(cc4nc(cc5ccc(cc1n2)[nH]5)C=C4)[nH]3.Cl. The molecule has 4 nitrogen and oxygen atoms in total. The van der Waals surface area contributed by atoms with Crippen LogP contribution < -0.4 is 0 Å². The maximum absolute atomic E-state index is 4.77. The first-order chi connectivity index (χ1) is 14.8. The second kappa shape index (κ2) is 7.74. The Morgan fingerprint density at radius 3 is 1.68 bits per heavy atom. The molecule has 31 heavy (non-hydrogen) atoms. The van der Waals surface area contributed by atoms with Gasteiger partial charge >= 0.3 is 0 Å². The molecule has 0 aliphatic carbocycles. The molecule has 2 N–H and O–H groups in total. The summed E-state index contributed by atoms with van der Waals surface area (Å²) in [6.45, 7) is 0. The van der Waals surface area contributed by atoms with Crippen LogP contribution in [0.2, 0.25) is 0 Å². The normalized spacial score (nSPS) is 12.0. The van der Waals surface area contributed by atoms with Gasteiger partial charge in [0.05, 0.1) is 22.8 Å². The minimum Gasteiger partial charge on any atom is -0.355 e. The van der Waals surface area contributed by atoms with Gasteiger partial charge in [-0.2, -0.15) is 0 Å². The van der Waals surface area contributed by atoms with Gasteiger partial charge in [-0.25, -0.2) is 9.97 Å². The van der Waals surface area contributed by atoms with Crippen LogP contribution >= 0.6 is 12.4 Å². The van der Waals surface area contributed by atoms with E-state index in [1.165, 1.54) is 5.56 Å². The molecule has 5 heteroatoms. The lowest BCUT2D eigenvalue weighted by molar-refractivity contribution is 1.31. The van der Waals surface area contributed by atoms with Crippen LogP contribution in [-0.4, -0.2) is 19.9 Å². The number of benzene rings is 1. The first kappa shape index (κ1) is 19.1. The molecule has 0 radical (unpaired) electrons. The van der Waals surface area contributed by atoms with Crippen molar-refractivity contribution < 1.29 is 0 Å². The van der Waals surface area contributed by atoms with Crippen molar-refractivity contribution in [2.75, 3.05) is 0 Å². The second-order valence-corrected chi connectivity index (χ2v) is 7.45. The number of halogens is 1. The van der Waals surface area contributed by atoms with Gasteiger partial charge in [0, 0.05) is 27.6 Å². The zero-order valence-corrected chi connectivity index (χ0v) is 17.4. The van der Waals surface area contributed by atoms with Crippen molar-refractivity contribution in [2.24, 2.45) is 0 Å². The molecule has 0 fully saturated rings. The number of aromatic amines is 2. The molecule has 6 rings (SSSR count). The lowest BCUT2D eigenvalue weighted by atomic mass is 10.1. The van der Waals surface area contributed by atoms with Crippen molar-refractivity contribution in [1.82, 2.24) is 19.9 Å². The first-order valence-electron chi connectivity index (χ1n) is 9.92. The van der Waals surface area contributed by atoms with Crippen LogP contribution in [0.4, 0.5) is 0 Å². The Morgan fingerprint density at radius 1 is 0.516 bits per heavy atom. The fraction of sp³-hybridized carbons (Fsp3) is 0. The summed E-state index contributed by atoms with van der Waals surface area (Å²) in [6, 6.07) is 25.0. The summed E-state index contributed by atoms with van der Waals surface area (Å²) >= 11 is 0. The van der Waals surface area contributed by atoms with Gasteiger partial charge < -0.3 is 9.97 Å². The number of hydrogen-bond donors (Lipinski definition) is 2. The summed E-state index contributed by atoms with van der Waals surface area (Å²) in [4.78, 5) is 16.5. The number of rotatable bonds is 1. The van der Waals surface area contributed by atoms with Crippen molar-refractivity contribution in [2.45, 2.75) is 0 Å². The summed E-state index contributed by atoms with van der Waals surface area (Å²) in [7, 11) is 0. The molecular weight excluding hydrogens is 404 g/mol. The molecule has 8 bridgehead atoms. The zero-order valence-electron chi connectivity index (χ0n) is 16.5. The predicted molar refractivity (Wildman–Crippen MR) is 132 cm³/mol.